The third-order valence-electron chi connectivity index (χ3n) is 3.93. The molecule has 0 aliphatic heterocycles. The highest BCUT2D eigenvalue weighted by molar-refractivity contribution is 5.81. The topological polar surface area (TPSA) is 17.0 Å². The molecule has 3 rings (SSSR count). The highest BCUT2D eigenvalue weighted by Crippen LogP contribution is 2.29. The van der Waals surface area contributed by atoms with Gasteiger partial charge in [0.2, 0.25) is 0 Å². The van der Waals surface area contributed by atoms with Gasteiger partial charge in [-0.15, -0.1) is 0 Å². The second-order valence-electron chi connectivity index (χ2n) is 5.36. The highest BCUT2D eigenvalue weighted by Gasteiger charge is 2.17. The zero-order valence-corrected chi connectivity index (χ0v) is 12.4. The summed E-state index contributed by atoms with van der Waals surface area (Å²) >= 11 is 0. The van der Waals surface area contributed by atoms with Crippen LogP contribution in [0.3, 0.4) is 0 Å². The van der Waals surface area contributed by atoms with Gasteiger partial charge in [-0.3, -0.25) is 0 Å². The Morgan fingerprint density at radius 2 is 1.91 bits per heavy atom. The van der Waals surface area contributed by atoms with Gasteiger partial charge in [0, 0.05) is 11.6 Å². The molecular weight excluding hydrogens is 282 g/mol. The summed E-state index contributed by atoms with van der Waals surface area (Å²) in [6, 6.07) is 13.3. The predicted octanol–water partition coefficient (Wildman–Crippen LogP) is 4.12. The molecule has 1 atom stereocenters. The fourth-order valence-electron chi connectivity index (χ4n) is 2.90. The second-order valence-corrected chi connectivity index (χ2v) is 5.36. The van der Waals surface area contributed by atoms with E-state index in [9.17, 15) is 8.78 Å². The van der Waals surface area contributed by atoms with Crippen LogP contribution >= 0.6 is 0 Å². The predicted molar refractivity (Wildman–Crippen MR) is 85.0 cm³/mol. The van der Waals surface area contributed by atoms with Crippen LogP contribution in [0, 0.1) is 11.6 Å². The van der Waals surface area contributed by atoms with Crippen molar-refractivity contribution in [2.75, 3.05) is 13.6 Å². The summed E-state index contributed by atoms with van der Waals surface area (Å²) in [5, 5.41) is 3.96. The smallest absolute Gasteiger partial charge is 0.147 e. The Labute approximate surface area is 128 Å². The Morgan fingerprint density at radius 3 is 2.68 bits per heavy atom. The maximum atomic E-state index is 14.2. The van der Waals surface area contributed by atoms with Crippen LogP contribution in [-0.4, -0.2) is 18.2 Å². The molecule has 0 radical (unpaired) electrons. The van der Waals surface area contributed by atoms with E-state index in [1.54, 1.807) is 12.1 Å². The molecule has 1 aromatic heterocycles. The van der Waals surface area contributed by atoms with E-state index in [2.05, 4.69) is 5.32 Å². The Kier molecular flexibility index (Phi) is 4.20. The molecule has 0 spiro atoms. The Hall–Kier alpha value is -2.20. The van der Waals surface area contributed by atoms with Crippen molar-refractivity contribution >= 4 is 10.9 Å². The number of aromatic nitrogens is 1. The minimum absolute atomic E-state index is 0.113. The molecule has 3 aromatic rings. The second kappa shape index (κ2) is 6.28. The molecular formula is C18H18F2N2. The molecule has 4 heteroatoms. The van der Waals surface area contributed by atoms with Gasteiger partial charge < -0.3 is 9.88 Å². The lowest BCUT2D eigenvalue weighted by atomic mass is 10.0. The van der Waals surface area contributed by atoms with Crippen molar-refractivity contribution in [2.24, 2.45) is 0 Å². The van der Waals surface area contributed by atoms with Crippen LogP contribution in [0.15, 0.2) is 54.7 Å². The van der Waals surface area contributed by atoms with E-state index in [-0.39, 0.29) is 17.7 Å². The van der Waals surface area contributed by atoms with Crippen LogP contribution < -0.4 is 5.32 Å². The van der Waals surface area contributed by atoms with E-state index in [0.29, 0.717) is 5.52 Å². The van der Waals surface area contributed by atoms with Gasteiger partial charge in [0.15, 0.2) is 0 Å². The number of para-hydroxylation sites is 1. The average Bonchev–Trinajstić information content (AvgIpc) is 2.93. The van der Waals surface area contributed by atoms with E-state index < -0.39 is 0 Å². The molecule has 114 valence electrons. The lowest BCUT2D eigenvalue weighted by Crippen LogP contribution is -2.17. The highest BCUT2D eigenvalue weighted by atomic mass is 19.1. The summed E-state index contributed by atoms with van der Waals surface area (Å²) in [5.41, 5.74) is 1.41. The quantitative estimate of drug-likeness (QED) is 0.750. The van der Waals surface area contributed by atoms with Crippen molar-refractivity contribution in [3.05, 3.63) is 71.9 Å². The summed E-state index contributed by atoms with van der Waals surface area (Å²) in [7, 11) is 1.87. The van der Waals surface area contributed by atoms with Crippen molar-refractivity contribution < 1.29 is 8.78 Å². The molecule has 1 unspecified atom stereocenters. The summed E-state index contributed by atoms with van der Waals surface area (Å²) in [6.45, 7) is 0.759. The van der Waals surface area contributed by atoms with Crippen molar-refractivity contribution in [2.45, 2.75) is 12.5 Å². The average molecular weight is 300 g/mol. The normalized spacial score (nSPS) is 12.7. The van der Waals surface area contributed by atoms with E-state index >= 15 is 0 Å². The van der Waals surface area contributed by atoms with Crippen molar-refractivity contribution in [3.63, 3.8) is 0 Å². The molecule has 0 fully saturated rings. The lowest BCUT2D eigenvalue weighted by Gasteiger charge is -2.21. The molecule has 2 aromatic carbocycles. The van der Waals surface area contributed by atoms with Crippen molar-refractivity contribution in [3.8, 4) is 0 Å². The van der Waals surface area contributed by atoms with Gasteiger partial charge in [0.05, 0.1) is 11.6 Å². The number of benzene rings is 2. The first-order chi connectivity index (χ1) is 10.7. The SMILES string of the molecule is CNCCC(c1cccc(F)c1)n1ccc2cccc(F)c21. The molecule has 22 heavy (non-hydrogen) atoms. The van der Waals surface area contributed by atoms with E-state index in [4.69, 9.17) is 0 Å². The minimum Gasteiger partial charge on any atom is -0.338 e. The number of hydrogen-bond donors (Lipinski definition) is 1. The Bertz CT molecular complexity index is 780. The molecule has 0 saturated heterocycles. The zero-order chi connectivity index (χ0) is 15.5. The molecule has 1 heterocycles. The van der Waals surface area contributed by atoms with Gasteiger partial charge in [-0.25, -0.2) is 8.78 Å². The van der Waals surface area contributed by atoms with Crippen molar-refractivity contribution in [1.82, 2.24) is 9.88 Å². The fraction of sp³-hybridized carbons (Fsp3) is 0.222. The molecule has 0 amide bonds. The van der Waals surface area contributed by atoms with Gasteiger partial charge in [-0.05, 0) is 49.8 Å². The largest absolute Gasteiger partial charge is 0.338 e. The number of nitrogens with one attached hydrogen (secondary N) is 1. The molecule has 2 nitrogen and oxygen atoms in total. The van der Waals surface area contributed by atoms with Gasteiger partial charge >= 0.3 is 0 Å². The number of nitrogens with zero attached hydrogens (tertiary/aromatic N) is 1. The van der Waals surface area contributed by atoms with Gasteiger partial charge in [0.25, 0.3) is 0 Å². The maximum Gasteiger partial charge on any atom is 0.147 e. The third kappa shape index (κ3) is 2.74. The van der Waals surface area contributed by atoms with Crippen LogP contribution in [0.2, 0.25) is 0 Å². The summed E-state index contributed by atoms with van der Waals surface area (Å²) in [4.78, 5) is 0. The van der Waals surface area contributed by atoms with E-state index in [1.807, 2.05) is 36.0 Å². The number of fused-ring (bicyclic) bond motifs is 1. The van der Waals surface area contributed by atoms with Crippen LogP contribution in [0.4, 0.5) is 8.78 Å². The standard InChI is InChI=1S/C18H18F2N2/c1-21-10-8-17(14-5-2-6-15(19)12-14)22-11-9-13-4-3-7-16(20)18(13)22/h2-7,9,11-12,17,21H,8,10H2,1H3. The van der Waals surface area contributed by atoms with Crippen LogP contribution in [0.5, 0.6) is 0 Å². The van der Waals surface area contributed by atoms with E-state index in [0.717, 1.165) is 23.9 Å². The Balaban J connectivity index is 2.12. The monoisotopic (exact) mass is 300 g/mol. The fourth-order valence-corrected chi connectivity index (χ4v) is 2.90. The first-order valence-corrected chi connectivity index (χ1v) is 7.36. The first kappa shape index (κ1) is 14.7. The maximum absolute atomic E-state index is 14.2. The van der Waals surface area contributed by atoms with Crippen LogP contribution in [0.25, 0.3) is 10.9 Å². The number of halogens is 2. The lowest BCUT2D eigenvalue weighted by molar-refractivity contribution is 0.525. The Morgan fingerprint density at radius 1 is 1.09 bits per heavy atom. The van der Waals surface area contributed by atoms with E-state index in [1.165, 1.54) is 18.2 Å². The van der Waals surface area contributed by atoms with Gasteiger partial charge in [-0.1, -0.05) is 24.3 Å². The number of hydrogen-bond acceptors (Lipinski definition) is 1. The first-order valence-electron chi connectivity index (χ1n) is 7.36. The minimum atomic E-state index is -0.274. The molecule has 1 N–H and O–H groups in total. The zero-order valence-electron chi connectivity index (χ0n) is 12.4. The van der Waals surface area contributed by atoms with Crippen LogP contribution in [0.1, 0.15) is 18.0 Å². The molecule has 0 bridgehead atoms. The molecule has 0 aliphatic rings. The number of rotatable bonds is 5. The van der Waals surface area contributed by atoms with Crippen LogP contribution in [-0.2, 0) is 0 Å². The van der Waals surface area contributed by atoms with Gasteiger partial charge in [0.1, 0.15) is 11.6 Å². The molecule has 0 saturated carbocycles. The van der Waals surface area contributed by atoms with Gasteiger partial charge in [-0.2, -0.15) is 0 Å². The summed E-state index contributed by atoms with van der Waals surface area (Å²) in [5.74, 6) is -0.530. The third-order valence-corrected chi connectivity index (χ3v) is 3.93. The molecule has 0 aliphatic carbocycles. The summed E-state index contributed by atoms with van der Waals surface area (Å²) < 4.78 is 29.7. The summed E-state index contributed by atoms with van der Waals surface area (Å²) in [6.07, 6.45) is 2.62. The van der Waals surface area contributed by atoms with Crippen molar-refractivity contribution in [1.29, 1.82) is 0 Å².